The lowest BCUT2D eigenvalue weighted by atomic mass is 10.5. The third-order valence-corrected chi connectivity index (χ3v) is 1.70. The second kappa shape index (κ2) is 2.41. The Balaban J connectivity index is 2.60. The number of rotatable bonds is 1. The Kier molecular flexibility index (Phi) is 1.40. The van der Waals surface area contributed by atoms with Crippen molar-refractivity contribution in [3.63, 3.8) is 0 Å². The summed E-state index contributed by atoms with van der Waals surface area (Å²) in [7, 11) is 0. The Bertz CT molecular complexity index is 356. The summed E-state index contributed by atoms with van der Waals surface area (Å²) in [4.78, 5) is 3.92. The van der Waals surface area contributed by atoms with Gasteiger partial charge in [0.05, 0.1) is 0 Å². The lowest BCUT2D eigenvalue weighted by molar-refractivity contribution is 0.439. The van der Waals surface area contributed by atoms with Gasteiger partial charge in [0.1, 0.15) is 6.26 Å². The first-order chi connectivity index (χ1) is 5.79. The van der Waals surface area contributed by atoms with E-state index < -0.39 is 0 Å². The van der Waals surface area contributed by atoms with Crippen molar-refractivity contribution in [1.82, 2.24) is 9.55 Å². The Morgan fingerprint density at radius 1 is 1.50 bits per heavy atom. The number of oxazole rings is 1. The molecule has 4 heteroatoms. The zero-order valence-electron chi connectivity index (χ0n) is 6.56. The summed E-state index contributed by atoms with van der Waals surface area (Å²) in [6, 6.07) is 3.42. The molecule has 0 aliphatic heterocycles. The van der Waals surface area contributed by atoms with Gasteiger partial charge in [0.15, 0.2) is 18.1 Å². The van der Waals surface area contributed by atoms with E-state index in [4.69, 9.17) is 4.42 Å². The molecule has 0 atom stereocenters. The molecule has 0 aliphatic carbocycles. The molecule has 2 aromatic rings. The molecular weight excluding hydrogens is 156 g/mol. The second-order valence-corrected chi connectivity index (χ2v) is 2.51. The monoisotopic (exact) mass is 164 g/mol. The fourth-order valence-corrected chi connectivity index (χ4v) is 1.14. The highest BCUT2D eigenvalue weighted by Gasteiger charge is 2.06. The van der Waals surface area contributed by atoms with Crippen LogP contribution in [0.1, 0.15) is 5.69 Å². The van der Waals surface area contributed by atoms with Crippen molar-refractivity contribution in [1.29, 1.82) is 0 Å². The van der Waals surface area contributed by atoms with Gasteiger partial charge < -0.3 is 9.52 Å². The van der Waals surface area contributed by atoms with Crippen molar-refractivity contribution in [2.75, 3.05) is 0 Å². The van der Waals surface area contributed by atoms with Crippen molar-refractivity contribution in [2.24, 2.45) is 0 Å². The van der Waals surface area contributed by atoms with E-state index in [-0.39, 0.29) is 5.88 Å². The number of hydrogen-bond donors (Lipinski definition) is 1. The average Bonchev–Trinajstić information content (AvgIpc) is 2.61. The molecule has 1 N–H and O–H groups in total. The van der Waals surface area contributed by atoms with Crippen molar-refractivity contribution < 1.29 is 9.52 Å². The summed E-state index contributed by atoms with van der Waals surface area (Å²) in [5.41, 5.74) is 0.918. The van der Waals surface area contributed by atoms with Crippen LogP contribution in [0.4, 0.5) is 0 Å². The largest absolute Gasteiger partial charge is 0.494 e. The molecule has 4 nitrogen and oxygen atoms in total. The van der Waals surface area contributed by atoms with E-state index >= 15 is 0 Å². The normalized spacial score (nSPS) is 10.4. The molecule has 0 bridgehead atoms. The van der Waals surface area contributed by atoms with Gasteiger partial charge in [0.25, 0.3) is 0 Å². The average molecular weight is 164 g/mol. The second-order valence-electron chi connectivity index (χ2n) is 2.51. The van der Waals surface area contributed by atoms with Crippen molar-refractivity contribution in [3.8, 4) is 11.7 Å². The van der Waals surface area contributed by atoms with Crippen LogP contribution in [-0.2, 0) is 0 Å². The van der Waals surface area contributed by atoms with Crippen LogP contribution in [0, 0.1) is 6.92 Å². The molecule has 0 spiro atoms. The van der Waals surface area contributed by atoms with Gasteiger partial charge in [-0.1, -0.05) is 0 Å². The molecule has 0 radical (unpaired) electrons. The number of aromatic hydroxyl groups is 1. The van der Waals surface area contributed by atoms with Gasteiger partial charge in [-0.05, 0) is 13.0 Å². The first kappa shape index (κ1) is 6.97. The molecule has 0 saturated carbocycles. The van der Waals surface area contributed by atoms with Crippen LogP contribution in [0.5, 0.6) is 5.88 Å². The minimum atomic E-state index is 0.168. The zero-order chi connectivity index (χ0) is 8.55. The summed E-state index contributed by atoms with van der Waals surface area (Å²) in [5, 5.41) is 9.38. The standard InChI is InChI=1S/C8H8N2O2/c1-6-2-3-8(11)10(6)7-4-12-5-9-7/h2-5,11H,1H3. The minimum absolute atomic E-state index is 0.168. The molecule has 0 saturated heterocycles. The number of hydrogen-bond acceptors (Lipinski definition) is 3. The predicted octanol–water partition coefficient (Wildman–Crippen LogP) is 1.48. The van der Waals surface area contributed by atoms with E-state index in [0.29, 0.717) is 5.82 Å². The summed E-state index contributed by atoms with van der Waals surface area (Å²) in [5.74, 6) is 0.761. The van der Waals surface area contributed by atoms with E-state index in [2.05, 4.69) is 4.98 Å². The molecule has 12 heavy (non-hydrogen) atoms. The van der Waals surface area contributed by atoms with Gasteiger partial charge in [0, 0.05) is 11.8 Å². The van der Waals surface area contributed by atoms with Gasteiger partial charge in [0.2, 0.25) is 0 Å². The van der Waals surface area contributed by atoms with Crippen LogP contribution in [0.15, 0.2) is 29.2 Å². The molecule has 0 fully saturated rings. The maximum atomic E-state index is 9.38. The lowest BCUT2D eigenvalue weighted by Gasteiger charge is -2.01. The quantitative estimate of drug-likeness (QED) is 0.694. The highest BCUT2D eigenvalue weighted by atomic mass is 16.3. The van der Waals surface area contributed by atoms with Crippen LogP contribution in [0.3, 0.4) is 0 Å². The summed E-state index contributed by atoms with van der Waals surface area (Å²) in [6.07, 6.45) is 2.81. The van der Waals surface area contributed by atoms with Crippen LogP contribution in [0.2, 0.25) is 0 Å². The zero-order valence-corrected chi connectivity index (χ0v) is 6.56. The van der Waals surface area contributed by atoms with E-state index in [1.807, 2.05) is 13.0 Å². The van der Waals surface area contributed by atoms with Crippen LogP contribution in [-0.4, -0.2) is 14.7 Å². The summed E-state index contributed by atoms with van der Waals surface area (Å²) >= 11 is 0. The van der Waals surface area contributed by atoms with Crippen molar-refractivity contribution in [2.45, 2.75) is 6.92 Å². The topological polar surface area (TPSA) is 51.2 Å². The molecule has 0 aliphatic rings. The van der Waals surface area contributed by atoms with Crippen LogP contribution >= 0.6 is 0 Å². The molecular formula is C8H8N2O2. The molecule has 2 heterocycles. The summed E-state index contributed by atoms with van der Waals surface area (Å²) in [6.45, 7) is 1.88. The van der Waals surface area contributed by atoms with Gasteiger partial charge >= 0.3 is 0 Å². The molecule has 2 rings (SSSR count). The van der Waals surface area contributed by atoms with Gasteiger partial charge in [-0.3, -0.25) is 4.57 Å². The Morgan fingerprint density at radius 3 is 2.83 bits per heavy atom. The molecule has 0 unspecified atom stereocenters. The molecule has 0 amide bonds. The lowest BCUT2D eigenvalue weighted by Crippen LogP contribution is -1.94. The molecule has 62 valence electrons. The van der Waals surface area contributed by atoms with Gasteiger partial charge in [-0.25, -0.2) is 0 Å². The molecule has 0 aromatic carbocycles. The highest BCUT2D eigenvalue weighted by Crippen LogP contribution is 2.19. The SMILES string of the molecule is Cc1ccc(O)n1-c1cocn1. The fraction of sp³-hybridized carbons (Fsp3) is 0.125. The maximum Gasteiger partial charge on any atom is 0.197 e. The van der Waals surface area contributed by atoms with Crippen LogP contribution < -0.4 is 0 Å². The first-order valence-corrected chi connectivity index (χ1v) is 3.55. The smallest absolute Gasteiger partial charge is 0.197 e. The van der Waals surface area contributed by atoms with Gasteiger partial charge in [-0.15, -0.1) is 0 Å². The third kappa shape index (κ3) is 0.887. The van der Waals surface area contributed by atoms with Gasteiger partial charge in [-0.2, -0.15) is 4.98 Å². The Hall–Kier alpha value is -1.71. The van der Waals surface area contributed by atoms with Crippen molar-refractivity contribution in [3.05, 3.63) is 30.5 Å². The number of nitrogens with zero attached hydrogens (tertiary/aromatic N) is 2. The highest BCUT2D eigenvalue weighted by molar-refractivity contribution is 5.31. The number of aryl methyl sites for hydroxylation is 1. The van der Waals surface area contributed by atoms with E-state index in [9.17, 15) is 5.11 Å². The minimum Gasteiger partial charge on any atom is -0.494 e. The first-order valence-electron chi connectivity index (χ1n) is 3.55. The maximum absolute atomic E-state index is 9.38. The predicted molar refractivity (Wildman–Crippen MR) is 42.2 cm³/mol. The Morgan fingerprint density at radius 2 is 2.33 bits per heavy atom. The number of aromatic nitrogens is 2. The Labute approximate surface area is 69.1 Å². The van der Waals surface area contributed by atoms with Crippen molar-refractivity contribution >= 4 is 0 Å². The third-order valence-electron chi connectivity index (χ3n) is 1.70. The fourth-order valence-electron chi connectivity index (χ4n) is 1.14. The van der Waals surface area contributed by atoms with Crippen LogP contribution in [0.25, 0.3) is 5.82 Å². The van der Waals surface area contributed by atoms with E-state index in [1.54, 1.807) is 10.6 Å². The van der Waals surface area contributed by atoms with E-state index in [1.165, 1.54) is 12.7 Å². The van der Waals surface area contributed by atoms with E-state index in [0.717, 1.165) is 5.69 Å². The molecule has 2 aromatic heterocycles. The summed E-state index contributed by atoms with van der Waals surface area (Å²) < 4.78 is 6.41.